The van der Waals surface area contributed by atoms with E-state index in [-0.39, 0.29) is 11.7 Å². The Morgan fingerprint density at radius 2 is 1.92 bits per heavy atom. The molecule has 25 heavy (non-hydrogen) atoms. The highest BCUT2D eigenvalue weighted by Gasteiger charge is 2.18. The lowest BCUT2D eigenvalue weighted by molar-refractivity contribution is 0.102. The molecule has 1 fully saturated rings. The molecule has 0 aliphatic carbocycles. The smallest absolute Gasteiger partial charge is 0.257 e. The van der Waals surface area contributed by atoms with Crippen LogP contribution in [0.5, 0.6) is 5.75 Å². The van der Waals surface area contributed by atoms with Crippen LogP contribution in [0.4, 0.5) is 15.8 Å². The van der Waals surface area contributed by atoms with E-state index in [2.05, 4.69) is 26.1 Å². The number of nitrogens with one attached hydrogen (secondary N) is 1. The second-order valence-electron chi connectivity index (χ2n) is 6.01. The SMILES string of the molecule is COc1ccc(Br)c(C(=O)Nc2cc(F)ccc2N2CCCCC2)c1. The Morgan fingerprint density at radius 3 is 2.64 bits per heavy atom. The van der Waals surface area contributed by atoms with E-state index in [1.807, 2.05) is 0 Å². The molecule has 0 atom stereocenters. The first-order valence-corrected chi connectivity index (χ1v) is 9.07. The summed E-state index contributed by atoms with van der Waals surface area (Å²) in [7, 11) is 1.55. The Kier molecular flexibility index (Phi) is 5.58. The maximum absolute atomic E-state index is 13.8. The van der Waals surface area contributed by atoms with E-state index in [0.717, 1.165) is 31.6 Å². The lowest BCUT2D eigenvalue weighted by Crippen LogP contribution is -2.30. The summed E-state index contributed by atoms with van der Waals surface area (Å²) in [6.07, 6.45) is 3.41. The number of methoxy groups -OCH3 is 1. The van der Waals surface area contributed by atoms with Crippen LogP contribution in [0.15, 0.2) is 40.9 Å². The maximum atomic E-state index is 13.8. The summed E-state index contributed by atoms with van der Waals surface area (Å²) >= 11 is 3.38. The average Bonchev–Trinajstić information content (AvgIpc) is 2.63. The first-order valence-electron chi connectivity index (χ1n) is 8.28. The quantitative estimate of drug-likeness (QED) is 0.789. The molecule has 2 aromatic carbocycles. The lowest BCUT2D eigenvalue weighted by Gasteiger charge is -2.30. The topological polar surface area (TPSA) is 41.6 Å². The van der Waals surface area contributed by atoms with Crippen molar-refractivity contribution in [2.45, 2.75) is 19.3 Å². The van der Waals surface area contributed by atoms with Crippen molar-refractivity contribution in [3.05, 3.63) is 52.3 Å². The molecule has 0 bridgehead atoms. The number of carbonyl (C=O) groups excluding carboxylic acids is 1. The van der Waals surface area contributed by atoms with E-state index in [0.29, 0.717) is 21.5 Å². The largest absolute Gasteiger partial charge is 0.497 e. The number of amides is 1. The zero-order valence-corrected chi connectivity index (χ0v) is 15.6. The number of ether oxygens (including phenoxy) is 1. The molecule has 2 aromatic rings. The predicted molar refractivity (Wildman–Crippen MR) is 101 cm³/mol. The van der Waals surface area contributed by atoms with Crippen molar-refractivity contribution >= 4 is 33.2 Å². The normalized spacial score (nSPS) is 14.3. The van der Waals surface area contributed by atoms with Gasteiger partial charge in [-0.15, -0.1) is 0 Å². The van der Waals surface area contributed by atoms with Crippen LogP contribution in [0.3, 0.4) is 0 Å². The molecule has 0 unspecified atom stereocenters. The molecule has 0 radical (unpaired) electrons. The van der Waals surface area contributed by atoms with Gasteiger partial charge in [0, 0.05) is 17.6 Å². The number of halogens is 2. The Balaban J connectivity index is 1.89. The van der Waals surface area contributed by atoms with Gasteiger partial charge in [-0.2, -0.15) is 0 Å². The summed E-state index contributed by atoms with van der Waals surface area (Å²) in [5.41, 5.74) is 1.78. The van der Waals surface area contributed by atoms with Gasteiger partial charge >= 0.3 is 0 Å². The second-order valence-corrected chi connectivity index (χ2v) is 6.86. The Hall–Kier alpha value is -2.08. The van der Waals surface area contributed by atoms with Crippen LogP contribution in [-0.4, -0.2) is 26.1 Å². The molecule has 1 N–H and O–H groups in total. The number of nitrogens with zero attached hydrogens (tertiary/aromatic N) is 1. The van der Waals surface area contributed by atoms with Crippen molar-refractivity contribution in [3.63, 3.8) is 0 Å². The molecular formula is C19H20BrFN2O2. The van der Waals surface area contributed by atoms with E-state index in [1.165, 1.54) is 18.6 Å². The maximum Gasteiger partial charge on any atom is 0.257 e. The highest BCUT2D eigenvalue weighted by Crippen LogP contribution is 2.31. The monoisotopic (exact) mass is 406 g/mol. The molecule has 1 aliphatic rings. The van der Waals surface area contributed by atoms with E-state index in [1.54, 1.807) is 31.4 Å². The number of rotatable bonds is 4. The fourth-order valence-electron chi connectivity index (χ4n) is 3.01. The Bertz CT molecular complexity index is 776. The van der Waals surface area contributed by atoms with Crippen molar-refractivity contribution in [2.24, 2.45) is 0 Å². The number of hydrogen-bond acceptors (Lipinski definition) is 3. The summed E-state index contributed by atoms with van der Waals surface area (Å²) in [5, 5.41) is 2.85. The number of hydrogen-bond donors (Lipinski definition) is 1. The van der Waals surface area contributed by atoms with Crippen molar-refractivity contribution in [2.75, 3.05) is 30.4 Å². The van der Waals surface area contributed by atoms with Crippen LogP contribution >= 0.6 is 15.9 Å². The predicted octanol–water partition coefficient (Wildman–Crippen LogP) is 4.84. The lowest BCUT2D eigenvalue weighted by atomic mass is 10.1. The Labute approximate surface area is 155 Å². The van der Waals surface area contributed by atoms with E-state index >= 15 is 0 Å². The fourth-order valence-corrected chi connectivity index (χ4v) is 3.44. The molecule has 0 spiro atoms. The van der Waals surface area contributed by atoms with Gasteiger partial charge in [-0.1, -0.05) is 0 Å². The molecule has 4 nitrogen and oxygen atoms in total. The standard InChI is InChI=1S/C19H20BrFN2O2/c1-25-14-6-7-16(20)15(12-14)19(24)22-17-11-13(21)5-8-18(17)23-9-3-2-4-10-23/h5-8,11-12H,2-4,9-10H2,1H3,(H,22,24). The molecular weight excluding hydrogens is 387 g/mol. The Morgan fingerprint density at radius 1 is 1.16 bits per heavy atom. The third-order valence-electron chi connectivity index (χ3n) is 4.32. The third kappa shape index (κ3) is 4.12. The number of piperidine rings is 1. The molecule has 0 saturated carbocycles. The van der Waals surface area contributed by atoms with Crippen LogP contribution in [0.1, 0.15) is 29.6 Å². The number of benzene rings is 2. The van der Waals surface area contributed by atoms with Gasteiger partial charge in [0.1, 0.15) is 11.6 Å². The highest BCUT2D eigenvalue weighted by molar-refractivity contribution is 9.10. The molecule has 1 aliphatic heterocycles. The van der Waals surface area contributed by atoms with E-state index in [9.17, 15) is 9.18 Å². The average molecular weight is 407 g/mol. The molecule has 132 valence electrons. The van der Waals surface area contributed by atoms with Crippen LogP contribution in [0.2, 0.25) is 0 Å². The van der Waals surface area contributed by atoms with E-state index < -0.39 is 0 Å². The van der Waals surface area contributed by atoms with Gasteiger partial charge in [-0.25, -0.2) is 4.39 Å². The molecule has 0 aromatic heterocycles. The number of anilines is 2. The molecule has 6 heteroatoms. The van der Waals surface area contributed by atoms with Gasteiger partial charge < -0.3 is 15.0 Å². The summed E-state index contributed by atoms with van der Waals surface area (Å²) < 4.78 is 19.6. The van der Waals surface area contributed by atoms with Crippen molar-refractivity contribution < 1.29 is 13.9 Å². The van der Waals surface area contributed by atoms with Gasteiger partial charge in [0.2, 0.25) is 0 Å². The zero-order valence-electron chi connectivity index (χ0n) is 14.0. The first kappa shape index (κ1) is 17.7. The minimum atomic E-state index is -0.374. The molecule has 3 rings (SSSR count). The van der Waals surface area contributed by atoms with Crippen LogP contribution < -0.4 is 15.0 Å². The van der Waals surface area contributed by atoms with Gasteiger partial charge in [0.05, 0.1) is 24.0 Å². The van der Waals surface area contributed by atoms with E-state index in [4.69, 9.17) is 4.74 Å². The van der Waals surface area contributed by atoms with Crippen LogP contribution in [0, 0.1) is 5.82 Å². The van der Waals surface area contributed by atoms with Gasteiger partial charge in [-0.05, 0) is 71.6 Å². The third-order valence-corrected chi connectivity index (χ3v) is 5.01. The minimum absolute atomic E-state index is 0.311. The fraction of sp³-hybridized carbons (Fsp3) is 0.316. The van der Waals surface area contributed by atoms with Gasteiger partial charge in [0.25, 0.3) is 5.91 Å². The van der Waals surface area contributed by atoms with Crippen LogP contribution in [0.25, 0.3) is 0 Å². The summed E-state index contributed by atoms with van der Waals surface area (Å²) in [5.74, 6) is -0.0979. The zero-order chi connectivity index (χ0) is 17.8. The van der Waals surface area contributed by atoms with Crippen LogP contribution in [-0.2, 0) is 0 Å². The summed E-state index contributed by atoms with van der Waals surface area (Å²) in [4.78, 5) is 14.9. The minimum Gasteiger partial charge on any atom is -0.497 e. The van der Waals surface area contributed by atoms with Crippen molar-refractivity contribution in [1.29, 1.82) is 0 Å². The van der Waals surface area contributed by atoms with Gasteiger partial charge in [-0.3, -0.25) is 4.79 Å². The second kappa shape index (κ2) is 7.87. The van der Waals surface area contributed by atoms with Crippen molar-refractivity contribution in [3.8, 4) is 5.75 Å². The van der Waals surface area contributed by atoms with Gasteiger partial charge in [0.15, 0.2) is 0 Å². The molecule has 1 heterocycles. The molecule has 1 amide bonds. The first-order chi connectivity index (χ1) is 12.1. The number of carbonyl (C=O) groups is 1. The van der Waals surface area contributed by atoms with Crippen molar-refractivity contribution in [1.82, 2.24) is 0 Å². The summed E-state index contributed by atoms with van der Waals surface area (Å²) in [6, 6.07) is 9.71. The molecule has 1 saturated heterocycles. The highest BCUT2D eigenvalue weighted by atomic mass is 79.9. The summed E-state index contributed by atoms with van der Waals surface area (Å²) in [6.45, 7) is 1.83.